The summed E-state index contributed by atoms with van der Waals surface area (Å²) in [6.07, 6.45) is -1.93. The molecule has 0 saturated carbocycles. The van der Waals surface area contributed by atoms with Crippen LogP contribution in [-0.2, 0) is 21.2 Å². The van der Waals surface area contributed by atoms with Crippen LogP contribution in [-0.4, -0.2) is 56.6 Å². The summed E-state index contributed by atoms with van der Waals surface area (Å²) >= 11 is 0. The summed E-state index contributed by atoms with van der Waals surface area (Å²) in [5.41, 5.74) is 1.57. The SMILES string of the molecule is O=C1CCOc2ccccc2-c2ccc(F)c(c2)CC2C(NS(=O)(=O)CF)C(F)CCN12. The minimum atomic E-state index is -4.40. The first-order chi connectivity index (χ1) is 15.3. The summed E-state index contributed by atoms with van der Waals surface area (Å²) in [5, 5.41) is 0. The number of carbonyl (C=O) groups is 1. The Hall–Kier alpha value is -2.59. The average Bonchev–Trinajstić information content (AvgIpc) is 2.77. The van der Waals surface area contributed by atoms with Crippen molar-refractivity contribution in [2.24, 2.45) is 0 Å². The van der Waals surface area contributed by atoms with Crippen LogP contribution in [0.1, 0.15) is 18.4 Å². The molecular formula is C22H23F3N2O4S. The van der Waals surface area contributed by atoms with Crippen LogP contribution in [0.25, 0.3) is 11.1 Å². The molecule has 3 atom stereocenters. The largest absolute Gasteiger partial charge is 0.492 e. The van der Waals surface area contributed by atoms with E-state index < -0.39 is 40.1 Å². The first kappa shape index (κ1) is 22.6. The van der Waals surface area contributed by atoms with Gasteiger partial charge < -0.3 is 9.64 Å². The first-order valence-electron chi connectivity index (χ1n) is 10.3. The van der Waals surface area contributed by atoms with Gasteiger partial charge in [0.15, 0.2) is 0 Å². The topological polar surface area (TPSA) is 75.7 Å². The van der Waals surface area contributed by atoms with Gasteiger partial charge in [-0.25, -0.2) is 26.3 Å². The highest BCUT2D eigenvalue weighted by Gasteiger charge is 2.42. The third-order valence-electron chi connectivity index (χ3n) is 5.88. The van der Waals surface area contributed by atoms with Crippen molar-refractivity contribution < 1.29 is 31.1 Å². The van der Waals surface area contributed by atoms with Gasteiger partial charge in [0.2, 0.25) is 21.9 Å². The molecule has 1 N–H and O–H groups in total. The molecule has 0 radical (unpaired) electrons. The molecule has 2 aromatic carbocycles. The second-order valence-electron chi connectivity index (χ2n) is 7.93. The van der Waals surface area contributed by atoms with E-state index in [1.54, 1.807) is 30.3 Å². The Morgan fingerprint density at radius 3 is 2.75 bits per heavy atom. The number of carbonyl (C=O) groups excluding carboxylic acids is 1. The normalized spacial score (nSPS) is 23.9. The van der Waals surface area contributed by atoms with E-state index >= 15 is 0 Å². The molecule has 0 aliphatic carbocycles. The number of alkyl halides is 2. The van der Waals surface area contributed by atoms with Gasteiger partial charge in [0.05, 0.1) is 25.1 Å². The molecule has 6 nitrogen and oxygen atoms in total. The summed E-state index contributed by atoms with van der Waals surface area (Å²) in [6.45, 7) is 0.101. The number of rotatable bonds is 3. The zero-order valence-electron chi connectivity index (χ0n) is 17.1. The molecule has 32 heavy (non-hydrogen) atoms. The van der Waals surface area contributed by atoms with Gasteiger partial charge in [-0.15, -0.1) is 0 Å². The van der Waals surface area contributed by atoms with Crippen molar-refractivity contribution in [1.29, 1.82) is 0 Å². The summed E-state index contributed by atoms with van der Waals surface area (Å²) in [4.78, 5) is 14.3. The fourth-order valence-electron chi connectivity index (χ4n) is 4.33. The molecule has 2 aromatic rings. The zero-order valence-corrected chi connectivity index (χ0v) is 18.0. The van der Waals surface area contributed by atoms with Gasteiger partial charge in [-0.1, -0.05) is 24.3 Å². The van der Waals surface area contributed by atoms with Gasteiger partial charge in [0.25, 0.3) is 0 Å². The second kappa shape index (κ2) is 9.11. The quantitative estimate of drug-likeness (QED) is 0.752. The second-order valence-corrected chi connectivity index (χ2v) is 9.61. The van der Waals surface area contributed by atoms with Crippen LogP contribution in [0.4, 0.5) is 13.2 Å². The van der Waals surface area contributed by atoms with Crippen molar-refractivity contribution in [2.75, 3.05) is 19.2 Å². The van der Waals surface area contributed by atoms with E-state index in [9.17, 15) is 26.4 Å². The predicted octanol–water partition coefficient (Wildman–Crippen LogP) is 2.97. The number of nitrogens with one attached hydrogen (secondary N) is 1. The van der Waals surface area contributed by atoms with Gasteiger partial charge >= 0.3 is 0 Å². The van der Waals surface area contributed by atoms with Crippen LogP contribution in [0, 0.1) is 5.82 Å². The van der Waals surface area contributed by atoms with Gasteiger partial charge in [-0.05, 0) is 42.2 Å². The highest BCUT2D eigenvalue weighted by molar-refractivity contribution is 7.89. The maximum absolute atomic E-state index is 14.8. The number of hydrogen-bond donors (Lipinski definition) is 1. The fourth-order valence-corrected chi connectivity index (χ4v) is 5.11. The molecule has 1 amide bonds. The lowest BCUT2D eigenvalue weighted by Gasteiger charge is -2.43. The predicted molar refractivity (Wildman–Crippen MR) is 112 cm³/mol. The highest BCUT2D eigenvalue weighted by atomic mass is 32.2. The number of nitrogens with zero attached hydrogens (tertiary/aromatic N) is 1. The third kappa shape index (κ3) is 4.61. The lowest BCUT2D eigenvalue weighted by Crippen LogP contribution is -2.62. The molecule has 4 rings (SSSR count). The van der Waals surface area contributed by atoms with E-state index in [-0.39, 0.29) is 43.9 Å². The van der Waals surface area contributed by atoms with E-state index in [1.165, 1.54) is 11.0 Å². The number of piperidine rings is 1. The monoisotopic (exact) mass is 468 g/mol. The van der Waals surface area contributed by atoms with Crippen molar-refractivity contribution in [3.05, 3.63) is 53.8 Å². The van der Waals surface area contributed by atoms with Gasteiger partial charge in [-0.3, -0.25) is 4.79 Å². The minimum absolute atomic E-state index is 0.0270. The smallest absolute Gasteiger partial charge is 0.241 e. The van der Waals surface area contributed by atoms with Crippen molar-refractivity contribution in [2.45, 2.75) is 37.5 Å². The van der Waals surface area contributed by atoms with E-state index in [4.69, 9.17) is 4.74 Å². The summed E-state index contributed by atoms with van der Waals surface area (Å²) < 4.78 is 74.2. The highest BCUT2D eigenvalue weighted by Crippen LogP contribution is 2.33. The number of sulfonamides is 1. The fraction of sp³-hybridized carbons (Fsp3) is 0.409. The van der Waals surface area contributed by atoms with Crippen molar-refractivity contribution >= 4 is 15.9 Å². The van der Waals surface area contributed by atoms with Gasteiger partial charge in [-0.2, -0.15) is 0 Å². The zero-order chi connectivity index (χ0) is 22.9. The Labute approximate surface area is 184 Å². The Kier molecular flexibility index (Phi) is 6.43. The number of fused-ring (bicyclic) bond motifs is 5. The standard InChI is InChI=1S/C22H23F3N2O4S/c23-13-32(29,30)26-22-18(25)7-9-27-19(22)12-15-11-14(5-6-17(15)24)16-3-1-2-4-20(16)31-10-8-21(27)28/h1-6,11,18-19,22,26H,7-10,12-13H2. The van der Waals surface area contributed by atoms with Crippen LogP contribution < -0.4 is 9.46 Å². The van der Waals surface area contributed by atoms with Crippen molar-refractivity contribution in [3.8, 4) is 16.9 Å². The molecule has 2 heterocycles. The number of hydrogen-bond acceptors (Lipinski definition) is 4. The Bertz CT molecular complexity index is 1110. The number of ether oxygens (including phenoxy) is 1. The number of para-hydroxylation sites is 1. The van der Waals surface area contributed by atoms with Crippen LogP contribution in [0.2, 0.25) is 0 Å². The molecule has 172 valence electrons. The molecule has 1 saturated heterocycles. The first-order valence-corrected chi connectivity index (χ1v) is 11.9. The lowest BCUT2D eigenvalue weighted by molar-refractivity contribution is -0.137. The molecule has 0 aromatic heterocycles. The van der Waals surface area contributed by atoms with Crippen LogP contribution in [0.5, 0.6) is 5.75 Å². The number of benzene rings is 2. The molecule has 1 fully saturated rings. The Morgan fingerprint density at radius 2 is 1.97 bits per heavy atom. The lowest BCUT2D eigenvalue weighted by atomic mass is 9.88. The number of amides is 1. The van der Waals surface area contributed by atoms with Crippen molar-refractivity contribution in [1.82, 2.24) is 9.62 Å². The average molecular weight is 468 g/mol. The van der Waals surface area contributed by atoms with Crippen LogP contribution in [0.3, 0.4) is 0 Å². The molecular weight excluding hydrogens is 445 g/mol. The maximum Gasteiger partial charge on any atom is 0.241 e. The van der Waals surface area contributed by atoms with E-state index in [0.29, 0.717) is 16.9 Å². The van der Waals surface area contributed by atoms with Crippen LogP contribution in [0.15, 0.2) is 42.5 Å². The molecule has 2 aliphatic rings. The molecule has 2 aliphatic heterocycles. The summed E-state index contributed by atoms with van der Waals surface area (Å²) in [5.74, 6) is -0.392. The summed E-state index contributed by atoms with van der Waals surface area (Å²) in [6, 6.07) is 7.49. The Morgan fingerprint density at radius 1 is 1.19 bits per heavy atom. The van der Waals surface area contributed by atoms with E-state index in [0.717, 1.165) is 0 Å². The maximum atomic E-state index is 14.8. The third-order valence-corrected chi connectivity index (χ3v) is 6.79. The van der Waals surface area contributed by atoms with Gasteiger partial charge in [0, 0.05) is 12.1 Å². The van der Waals surface area contributed by atoms with E-state index in [2.05, 4.69) is 0 Å². The molecule has 2 bridgehead atoms. The summed E-state index contributed by atoms with van der Waals surface area (Å²) in [7, 11) is -4.40. The molecule has 10 heteroatoms. The van der Waals surface area contributed by atoms with Crippen molar-refractivity contribution in [3.63, 3.8) is 0 Å². The Balaban J connectivity index is 1.80. The minimum Gasteiger partial charge on any atom is -0.492 e. The van der Waals surface area contributed by atoms with Crippen LogP contribution >= 0.6 is 0 Å². The molecule has 3 unspecified atom stereocenters. The van der Waals surface area contributed by atoms with E-state index in [1.807, 2.05) is 10.8 Å². The number of halogens is 3. The van der Waals surface area contributed by atoms with Gasteiger partial charge in [0.1, 0.15) is 17.7 Å². The molecule has 0 spiro atoms.